The summed E-state index contributed by atoms with van der Waals surface area (Å²) in [6.07, 6.45) is 5.25. The summed E-state index contributed by atoms with van der Waals surface area (Å²) in [7, 11) is 0. The summed E-state index contributed by atoms with van der Waals surface area (Å²) in [6.45, 7) is 11.0. The number of rotatable bonds is 10. The lowest BCUT2D eigenvalue weighted by Gasteiger charge is -2.34. The molecular weight excluding hydrogens is 404 g/mol. The maximum Gasteiger partial charge on any atom is 0.251 e. The van der Waals surface area contributed by atoms with Crippen molar-refractivity contribution in [3.8, 4) is 0 Å². The molecule has 1 saturated heterocycles. The lowest BCUT2D eigenvalue weighted by atomic mass is 10.0. The number of carbonyl (C=O) groups excluding carboxylic acids is 2. The molecule has 0 radical (unpaired) electrons. The maximum atomic E-state index is 12.0. The molecule has 2 rings (SSSR count). The molecule has 1 aliphatic heterocycles. The number of nitrogens with two attached hydrogens (primary N) is 1. The number of carbonyl (C=O) groups is 2. The fourth-order valence-electron chi connectivity index (χ4n) is 3.96. The highest BCUT2D eigenvalue weighted by Crippen LogP contribution is 2.17. The summed E-state index contributed by atoms with van der Waals surface area (Å²) in [4.78, 5) is 30.2. The van der Waals surface area contributed by atoms with Crippen molar-refractivity contribution in [2.75, 3.05) is 32.7 Å². The molecule has 0 aliphatic carbocycles. The van der Waals surface area contributed by atoms with Crippen molar-refractivity contribution >= 4 is 17.8 Å². The van der Waals surface area contributed by atoms with Gasteiger partial charge in [0.1, 0.15) is 0 Å². The molecular formula is C24H40N6O2. The van der Waals surface area contributed by atoms with Gasteiger partial charge in [0.2, 0.25) is 5.91 Å². The summed E-state index contributed by atoms with van der Waals surface area (Å²) in [5.74, 6) is 0.485. The van der Waals surface area contributed by atoms with Crippen LogP contribution in [-0.4, -0.2) is 61.4 Å². The van der Waals surface area contributed by atoms with E-state index in [0.29, 0.717) is 24.1 Å². The van der Waals surface area contributed by atoms with E-state index in [2.05, 4.69) is 41.6 Å². The van der Waals surface area contributed by atoms with Gasteiger partial charge in [-0.05, 0) is 56.5 Å². The fraction of sp³-hybridized carbons (Fsp3) is 0.625. The molecule has 5 N–H and O–H groups in total. The highest BCUT2D eigenvalue weighted by molar-refractivity contribution is 5.96. The van der Waals surface area contributed by atoms with Crippen LogP contribution in [0.25, 0.3) is 0 Å². The van der Waals surface area contributed by atoms with Crippen molar-refractivity contribution in [2.45, 2.75) is 59.0 Å². The minimum absolute atomic E-state index is 0.169. The van der Waals surface area contributed by atoms with Crippen molar-refractivity contribution in [2.24, 2.45) is 16.6 Å². The molecule has 1 heterocycles. The van der Waals surface area contributed by atoms with Crippen molar-refractivity contribution < 1.29 is 9.59 Å². The Morgan fingerprint density at radius 3 is 2.25 bits per heavy atom. The Balaban J connectivity index is 1.95. The molecule has 0 saturated carbocycles. The smallest absolute Gasteiger partial charge is 0.251 e. The second kappa shape index (κ2) is 13.7. The van der Waals surface area contributed by atoms with Gasteiger partial charge in [-0.15, -0.1) is 0 Å². The molecule has 1 aromatic rings. The predicted octanol–water partition coefficient (Wildman–Crippen LogP) is 1.86. The zero-order chi connectivity index (χ0) is 23.3. The third kappa shape index (κ3) is 8.86. The van der Waals surface area contributed by atoms with Gasteiger partial charge in [-0.3, -0.25) is 14.5 Å². The highest BCUT2D eigenvalue weighted by Gasteiger charge is 2.22. The summed E-state index contributed by atoms with van der Waals surface area (Å²) in [5.41, 5.74) is 6.55. The van der Waals surface area contributed by atoms with Crippen LogP contribution in [0.3, 0.4) is 0 Å². The monoisotopic (exact) mass is 444 g/mol. The summed E-state index contributed by atoms with van der Waals surface area (Å²) in [6, 6.07) is 7.70. The van der Waals surface area contributed by atoms with Gasteiger partial charge in [-0.2, -0.15) is 0 Å². The van der Waals surface area contributed by atoms with E-state index in [1.165, 1.54) is 38.8 Å². The van der Waals surface area contributed by atoms with E-state index in [-0.39, 0.29) is 12.5 Å². The number of nitrogens with zero attached hydrogens (tertiary/aromatic N) is 2. The second-order valence-corrected chi connectivity index (χ2v) is 8.68. The number of aliphatic imine (C=N–C) groups is 1. The molecule has 8 nitrogen and oxygen atoms in total. The molecule has 0 bridgehead atoms. The van der Waals surface area contributed by atoms with E-state index in [1.807, 2.05) is 12.1 Å². The van der Waals surface area contributed by atoms with Gasteiger partial charge in [-0.1, -0.05) is 38.8 Å². The molecule has 2 amide bonds. The number of hydrogen-bond acceptors (Lipinski definition) is 4. The van der Waals surface area contributed by atoms with Crippen molar-refractivity contribution in [3.63, 3.8) is 0 Å². The molecule has 32 heavy (non-hydrogen) atoms. The molecule has 1 fully saturated rings. The third-order valence-electron chi connectivity index (χ3n) is 5.76. The number of amides is 2. The van der Waals surface area contributed by atoms with Crippen LogP contribution in [0.5, 0.6) is 0 Å². The zero-order valence-corrected chi connectivity index (χ0v) is 19.8. The predicted molar refractivity (Wildman–Crippen MR) is 129 cm³/mol. The van der Waals surface area contributed by atoms with Crippen molar-refractivity contribution in [3.05, 3.63) is 35.4 Å². The van der Waals surface area contributed by atoms with Crippen LogP contribution in [0, 0.1) is 5.92 Å². The van der Waals surface area contributed by atoms with E-state index >= 15 is 0 Å². The van der Waals surface area contributed by atoms with Gasteiger partial charge >= 0.3 is 0 Å². The average molecular weight is 445 g/mol. The van der Waals surface area contributed by atoms with Crippen LogP contribution >= 0.6 is 0 Å². The Kier molecular flexibility index (Phi) is 11.0. The van der Waals surface area contributed by atoms with Crippen LogP contribution in [0.15, 0.2) is 29.3 Å². The lowest BCUT2D eigenvalue weighted by molar-refractivity contribution is -0.117. The molecule has 178 valence electrons. The number of guanidine groups is 1. The van der Waals surface area contributed by atoms with Crippen LogP contribution in [-0.2, 0) is 11.3 Å². The lowest BCUT2D eigenvalue weighted by Crippen LogP contribution is -2.49. The van der Waals surface area contributed by atoms with E-state index in [0.717, 1.165) is 24.6 Å². The van der Waals surface area contributed by atoms with Crippen LogP contribution in [0.4, 0.5) is 0 Å². The third-order valence-corrected chi connectivity index (χ3v) is 5.76. The standard InChI is InChI=1S/C24H40N6O2/c1-4-26-24(29-16-21(18(2)3)30-13-7-5-6-8-14-30)28-15-19-9-11-20(12-10-19)23(32)27-17-22(25)31/h9-12,18,21H,4-8,13-17H2,1-3H3,(H2,25,31)(H,27,32)(H2,26,28,29). The maximum absolute atomic E-state index is 12.0. The molecule has 0 aromatic heterocycles. The molecule has 0 spiro atoms. The summed E-state index contributed by atoms with van der Waals surface area (Å²) < 4.78 is 0. The first kappa shape index (κ1) is 25.6. The molecule has 1 aliphatic rings. The van der Waals surface area contributed by atoms with Gasteiger partial charge in [0, 0.05) is 24.7 Å². The Morgan fingerprint density at radius 1 is 1.03 bits per heavy atom. The van der Waals surface area contributed by atoms with Gasteiger partial charge in [-0.25, -0.2) is 4.99 Å². The Hall–Kier alpha value is -2.61. The second-order valence-electron chi connectivity index (χ2n) is 8.68. The number of hydrogen-bond donors (Lipinski definition) is 4. The minimum atomic E-state index is -0.566. The van der Waals surface area contributed by atoms with Crippen molar-refractivity contribution in [1.29, 1.82) is 0 Å². The van der Waals surface area contributed by atoms with Gasteiger partial charge in [0.05, 0.1) is 13.1 Å². The first-order valence-electron chi connectivity index (χ1n) is 11.8. The first-order chi connectivity index (χ1) is 15.4. The average Bonchev–Trinajstić information content (AvgIpc) is 3.05. The van der Waals surface area contributed by atoms with E-state index in [4.69, 9.17) is 10.7 Å². The van der Waals surface area contributed by atoms with Crippen LogP contribution in [0.2, 0.25) is 0 Å². The zero-order valence-electron chi connectivity index (χ0n) is 19.8. The highest BCUT2D eigenvalue weighted by atomic mass is 16.2. The Morgan fingerprint density at radius 2 is 1.69 bits per heavy atom. The SMILES string of the molecule is CCNC(=NCc1ccc(C(=O)NCC(N)=O)cc1)NCC(C(C)C)N1CCCCCC1. The first-order valence-corrected chi connectivity index (χ1v) is 11.8. The quantitative estimate of drug-likeness (QED) is 0.325. The van der Waals surface area contributed by atoms with Crippen LogP contribution < -0.4 is 21.7 Å². The molecule has 1 unspecified atom stereocenters. The largest absolute Gasteiger partial charge is 0.368 e. The normalized spacial score (nSPS) is 16.3. The summed E-state index contributed by atoms with van der Waals surface area (Å²) >= 11 is 0. The van der Waals surface area contributed by atoms with E-state index in [1.54, 1.807) is 12.1 Å². The van der Waals surface area contributed by atoms with E-state index < -0.39 is 5.91 Å². The minimum Gasteiger partial charge on any atom is -0.368 e. The number of benzene rings is 1. The van der Waals surface area contributed by atoms with Crippen LogP contribution in [0.1, 0.15) is 62.4 Å². The Labute approximate surface area is 192 Å². The molecule has 1 atom stereocenters. The van der Waals surface area contributed by atoms with Crippen molar-refractivity contribution in [1.82, 2.24) is 20.9 Å². The van der Waals surface area contributed by atoms with Gasteiger partial charge in [0.25, 0.3) is 5.91 Å². The van der Waals surface area contributed by atoms with Gasteiger partial charge < -0.3 is 21.7 Å². The van der Waals surface area contributed by atoms with Gasteiger partial charge in [0.15, 0.2) is 5.96 Å². The molecule has 1 aromatic carbocycles. The topological polar surface area (TPSA) is 112 Å². The fourth-order valence-corrected chi connectivity index (χ4v) is 3.96. The summed E-state index contributed by atoms with van der Waals surface area (Å²) in [5, 5.41) is 9.36. The number of nitrogens with one attached hydrogen (secondary N) is 3. The number of primary amides is 1. The number of likely N-dealkylation sites (tertiary alicyclic amines) is 1. The molecule has 8 heteroatoms. The Bertz CT molecular complexity index is 739. The van der Waals surface area contributed by atoms with E-state index in [9.17, 15) is 9.59 Å².